The Bertz CT molecular complexity index is 658. The average molecular weight is 260 g/mol. The molecule has 0 bridgehead atoms. The summed E-state index contributed by atoms with van der Waals surface area (Å²) in [6.07, 6.45) is 1.64. The second kappa shape index (κ2) is 4.79. The molecular weight excluding hydrogens is 244 g/mol. The number of rotatable bonds is 4. The van der Waals surface area contributed by atoms with Crippen molar-refractivity contribution in [2.45, 2.75) is 20.3 Å². The zero-order chi connectivity index (χ0) is 14.2. The number of carbonyl (C=O) groups is 2. The molecular formula is C13H16N4O2. The normalized spacial score (nSPS) is 10.7. The molecule has 0 aliphatic heterocycles. The van der Waals surface area contributed by atoms with Gasteiger partial charge in [0.15, 0.2) is 11.6 Å². The molecule has 0 saturated carbocycles. The quantitative estimate of drug-likeness (QED) is 0.611. The minimum absolute atomic E-state index is 0.117. The molecule has 6 heteroatoms. The summed E-state index contributed by atoms with van der Waals surface area (Å²) in [6, 6.07) is 1.67. The molecule has 0 saturated heterocycles. The standard InChI is InChI=1S/C13H16N4O2/c1-8-7-17-11(13(14-8)16(3)4)6-10(15-17)12(19)5-9(2)18/h6-7H,5H2,1-4H3. The maximum Gasteiger partial charge on any atom is 0.190 e. The number of Topliss-reactive ketones (excluding diaryl/α,β-unsaturated/α-hetero) is 2. The first-order chi connectivity index (χ1) is 8.88. The van der Waals surface area contributed by atoms with Crippen molar-refractivity contribution in [1.29, 1.82) is 0 Å². The van der Waals surface area contributed by atoms with Crippen molar-refractivity contribution in [3.8, 4) is 0 Å². The first-order valence-electron chi connectivity index (χ1n) is 5.95. The minimum Gasteiger partial charge on any atom is -0.361 e. The van der Waals surface area contributed by atoms with E-state index in [1.165, 1.54) is 6.92 Å². The van der Waals surface area contributed by atoms with E-state index in [-0.39, 0.29) is 18.0 Å². The van der Waals surface area contributed by atoms with Gasteiger partial charge in [-0.25, -0.2) is 9.50 Å². The van der Waals surface area contributed by atoms with Crippen LogP contribution in [0.4, 0.5) is 5.82 Å². The van der Waals surface area contributed by atoms with Gasteiger partial charge in [-0.1, -0.05) is 0 Å². The van der Waals surface area contributed by atoms with Crippen molar-refractivity contribution in [1.82, 2.24) is 14.6 Å². The molecule has 2 aromatic rings. The summed E-state index contributed by atoms with van der Waals surface area (Å²) in [5, 5.41) is 4.22. The van der Waals surface area contributed by atoms with Crippen LogP contribution in [0.25, 0.3) is 5.52 Å². The van der Waals surface area contributed by atoms with Crippen LogP contribution in [0.3, 0.4) is 0 Å². The van der Waals surface area contributed by atoms with E-state index in [4.69, 9.17) is 0 Å². The second-order valence-electron chi connectivity index (χ2n) is 4.76. The first kappa shape index (κ1) is 13.2. The van der Waals surface area contributed by atoms with Crippen LogP contribution in [0.15, 0.2) is 12.3 Å². The van der Waals surface area contributed by atoms with E-state index < -0.39 is 0 Å². The summed E-state index contributed by atoms with van der Waals surface area (Å²) in [6.45, 7) is 3.26. The van der Waals surface area contributed by atoms with Crippen LogP contribution < -0.4 is 4.90 Å². The number of hydrogen-bond acceptors (Lipinski definition) is 5. The van der Waals surface area contributed by atoms with Crippen molar-refractivity contribution in [2.24, 2.45) is 0 Å². The molecule has 0 amide bonds. The molecule has 100 valence electrons. The fourth-order valence-corrected chi connectivity index (χ4v) is 1.87. The Labute approximate surface area is 111 Å². The highest BCUT2D eigenvalue weighted by Crippen LogP contribution is 2.19. The molecule has 2 heterocycles. The average Bonchev–Trinajstić information content (AvgIpc) is 2.70. The third-order valence-corrected chi connectivity index (χ3v) is 2.67. The van der Waals surface area contributed by atoms with E-state index in [1.54, 1.807) is 16.8 Å². The molecule has 0 aliphatic rings. The van der Waals surface area contributed by atoms with Crippen LogP contribution in [-0.4, -0.2) is 40.3 Å². The number of nitrogens with zero attached hydrogens (tertiary/aromatic N) is 4. The van der Waals surface area contributed by atoms with E-state index in [9.17, 15) is 9.59 Å². The fraction of sp³-hybridized carbons (Fsp3) is 0.385. The smallest absolute Gasteiger partial charge is 0.190 e. The Morgan fingerprint density at radius 3 is 2.63 bits per heavy atom. The topological polar surface area (TPSA) is 67.6 Å². The number of aromatic nitrogens is 3. The van der Waals surface area contributed by atoms with Gasteiger partial charge in [-0.3, -0.25) is 9.59 Å². The Morgan fingerprint density at radius 2 is 2.05 bits per heavy atom. The molecule has 0 aromatic carbocycles. The minimum atomic E-state index is -0.265. The summed E-state index contributed by atoms with van der Waals surface area (Å²) in [5.41, 5.74) is 1.86. The Morgan fingerprint density at radius 1 is 1.37 bits per heavy atom. The van der Waals surface area contributed by atoms with E-state index >= 15 is 0 Å². The monoisotopic (exact) mass is 260 g/mol. The zero-order valence-electron chi connectivity index (χ0n) is 11.5. The molecule has 0 spiro atoms. The molecule has 0 unspecified atom stereocenters. The number of aryl methyl sites for hydroxylation is 1. The van der Waals surface area contributed by atoms with Crippen molar-refractivity contribution in [2.75, 3.05) is 19.0 Å². The molecule has 6 nitrogen and oxygen atoms in total. The van der Waals surface area contributed by atoms with Gasteiger partial charge in [0.05, 0.1) is 18.3 Å². The molecule has 0 radical (unpaired) electrons. The second-order valence-corrected chi connectivity index (χ2v) is 4.76. The van der Waals surface area contributed by atoms with Gasteiger partial charge >= 0.3 is 0 Å². The third kappa shape index (κ3) is 2.62. The highest BCUT2D eigenvalue weighted by Gasteiger charge is 2.16. The van der Waals surface area contributed by atoms with Gasteiger partial charge in [-0.2, -0.15) is 5.10 Å². The number of fused-ring (bicyclic) bond motifs is 1. The summed E-state index contributed by atoms with van der Waals surface area (Å²) < 4.78 is 1.63. The predicted molar refractivity (Wildman–Crippen MR) is 71.7 cm³/mol. The largest absolute Gasteiger partial charge is 0.361 e. The summed E-state index contributed by atoms with van der Waals surface area (Å²) in [4.78, 5) is 29.1. The zero-order valence-corrected chi connectivity index (χ0v) is 11.5. The molecule has 0 fully saturated rings. The lowest BCUT2D eigenvalue weighted by atomic mass is 10.1. The van der Waals surface area contributed by atoms with Crippen LogP contribution in [0, 0.1) is 6.92 Å². The van der Waals surface area contributed by atoms with Crippen LogP contribution in [0.5, 0.6) is 0 Å². The fourth-order valence-electron chi connectivity index (χ4n) is 1.87. The maximum absolute atomic E-state index is 11.9. The van der Waals surface area contributed by atoms with Crippen LogP contribution in [-0.2, 0) is 4.79 Å². The summed E-state index contributed by atoms with van der Waals surface area (Å²) >= 11 is 0. The Hall–Kier alpha value is -2.24. The van der Waals surface area contributed by atoms with Gasteiger partial charge in [0.2, 0.25) is 0 Å². The van der Waals surface area contributed by atoms with Crippen LogP contribution in [0.2, 0.25) is 0 Å². The van der Waals surface area contributed by atoms with Crippen molar-refractivity contribution in [3.63, 3.8) is 0 Å². The lowest BCUT2D eigenvalue weighted by Crippen LogP contribution is -2.12. The lowest BCUT2D eigenvalue weighted by Gasteiger charge is -2.12. The van der Waals surface area contributed by atoms with Gasteiger partial charge in [0.1, 0.15) is 17.0 Å². The van der Waals surface area contributed by atoms with Gasteiger partial charge in [0, 0.05) is 14.1 Å². The maximum atomic E-state index is 11.9. The molecule has 2 rings (SSSR count). The van der Waals surface area contributed by atoms with Gasteiger partial charge in [-0.05, 0) is 19.9 Å². The summed E-state index contributed by atoms with van der Waals surface area (Å²) in [5.74, 6) is 0.317. The van der Waals surface area contributed by atoms with Crippen molar-refractivity contribution in [3.05, 3.63) is 23.7 Å². The van der Waals surface area contributed by atoms with Crippen LogP contribution in [0.1, 0.15) is 29.5 Å². The van der Waals surface area contributed by atoms with Crippen molar-refractivity contribution >= 4 is 22.9 Å². The van der Waals surface area contributed by atoms with Gasteiger partial charge in [0.25, 0.3) is 0 Å². The number of ketones is 2. The van der Waals surface area contributed by atoms with E-state index in [2.05, 4.69) is 10.1 Å². The molecule has 0 N–H and O–H groups in total. The van der Waals surface area contributed by atoms with Crippen LogP contribution >= 0.6 is 0 Å². The van der Waals surface area contributed by atoms with E-state index in [0.717, 1.165) is 17.0 Å². The predicted octanol–water partition coefficient (Wildman–Crippen LogP) is 1.27. The molecule has 0 aliphatic carbocycles. The SMILES string of the molecule is CC(=O)CC(=O)c1cc2c(N(C)C)nc(C)cn2n1. The van der Waals surface area contributed by atoms with Gasteiger partial charge < -0.3 is 4.90 Å². The first-order valence-corrected chi connectivity index (χ1v) is 5.95. The Kier molecular flexibility index (Phi) is 3.33. The third-order valence-electron chi connectivity index (χ3n) is 2.67. The Balaban J connectivity index is 2.53. The molecule has 19 heavy (non-hydrogen) atoms. The lowest BCUT2D eigenvalue weighted by molar-refractivity contribution is -0.116. The number of anilines is 1. The van der Waals surface area contributed by atoms with Gasteiger partial charge in [-0.15, -0.1) is 0 Å². The molecule has 0 atom stereocenters. The number of hydrogen-bond donors (Lipinski definition) is 0. The highest BCUT2D eigenvalue weighted by atomic mass is 16.1. The highest BCUT2D eigenvalue weighted by molar-refractivity contribution is 6.07. The van der Waals surface area contributed by atoms with E-state index in [0.29, 0.717) is 5.69 Å². The molecule has 2 aromatic heterocycles. The van der Waals surface area contributed by atoms with E-state index in [1.807, 2.05) is 25.9 Å². The van der Waals surface area contributed by atoms with Crippen molar-refractivity contribution < 1.29 is 9.59 Å². The summed E-state index contributed by atoms with van der Waals surface area (Å²) in [7, 11) is 3.76. The number of carbonyl (C=O) groups excluding carboxylic acids is 2.